The highest BCUT2D eigenvalue weighted by Gasteiger charge is 2.25. The van der Waals surface area contributed by atoms with E-state index in [2.05, 4.69) is 143 Å². The molecule has 0 aliphatic carbocycles. The standard InChI is InChI=1S/C48H30N2O3/c1-5-16-43-37(12-1)39-26-24-35(29-47(39)51-43)49(36-25-27-40-38-13-2-6-17-44(38)52-48(40)30-36)33-22-20-31(21-23-33)32-10-9-11-34(28-32)50-41-14-3-7-18-45(41)53-46-19-8-4-15-42(46)50/h1-30H. The van der Waals surface area contributed by atoms with Gasteiger partial charge in [-0.05, 0) is 96.1 Å². The van der Waals surface area contributed by atoms with E-state index in [1.165, 1.54) is 0 Å². The topological polar surface area (TPSA) is 42.0 Å². The molecular weight excluding hydrogens is 653 g/mol. The first-order valence-corrected chi connectivity index (χ1v) is 17.7. The molecule has 10 aromatic rings. The predicted molar refractivity (Wildman–Crippen MR) is 216 cm³/mol. The van der Waals surface area contributed by atoms with Crippen LogP contribution in [-0.4, -0.2) is 0 Å². The molecule has 0 amide bonds. The first-order chi connectivity index (χ1) is 26.2. The molecule has 0 saturated heterocycles. The van der Waals surface area contributed by atoms with Gasteiger partial charge in [-0.15, -0.1) is 0 Å². The van der Waals surface area contributed by atoms with Crippen molar-refractivity contribution in [2.45, 2.75) is 0 Å². The Labute approximate surface area is 305 Å². The fraction of sp³-hybridized carbons (Fsp3) is 0. The molecule has 0 saturated carbocycles. The average Bonchev–Trinajstić information content (AvgIpc) is 3.78. The maximum atomic E-state index is 6.35. The number of nitrogens with zero attached hydrogens (tertiary/aromatic N) is 2. The van der Waals surface area contributed by atoms with Crippen molar-refractivity contribution in [3.8, 4) is 22.6 Å². The molecular formula is C48H30N2O3. The molecule has 1 aliphatic heterocycles. The Kier molecular flexibility index (Phi) is 6.48. The molecule has 0 N–H and O–H groups in total. The van der Waals surface area contributed by atoms with Gasteiger partial charge in [0.15, 0.2) is 11.5 Å². The summed E-state index contributed by atoms with van der Waals surface area (Å²) < 4.78 is 19.0. The second-order valence-corrected chi connectivity index (χ2v) is 13.4. The number of anilines is 6. The molecule has 0 atom stereocenters. The average molecular weight is 683 g/mol. The van der Waals surface area contributed by atoms with Crippen LogP contribution in [0, 0.1) is 0 Å². The monoisotopic (exact) mass is 682 g/mol. The lowest BCUT2D eigenvalue weighted by molar-refractivity contribution is 0.477. The summed E-state index contributed by atoms with van der Waals surface area (Å²) in [5, 5.41) is 4.41. The fourth-order valence-corrected chi connectivity index (χ4v) is 7.76. The molecule has 0 bridgehead atoms. The van der Waals surface area contributed by atoms with E-state index in [0.717, 1.165) is 101 Å². The minimum Gasteiger partial charge on any atom is -0.456 e. The third-order valence-electron chi connectivity index (χ3n) is 10.2. The van der Waals surface area contributed by atoms with Gasteiger partial charge in [0.25, 0.3) is 0 Å². The zero-order valence-electron chi connectivity index (χ0n) is 28.4. The Balaban J connectivity index is 1.01. The Morgan fingerprint density at radius 3 is 1.47 bits per heavy atom. The lowest BCUT2D eigenvalue weighted by Crippen LogP contribution is -2.15. The summed E-state index contributed by atoms with van der Waals surface area (Å²) in [7, 11) is 0. The van der Waals surface area contributed by atoms with Crippen molar-refractivity contribution in [3.05, 3.63) is 182 Å². The van der Waals surface area contributed by atoms with E-state index >= 15 is 0 Å². The number of benzene rings is 8. The quantitative estimate of drug-likeness (QED) is 0.181. The summed E-state index contributed by atoms with van der Waals surface area (Å²) in [5.74, 6) is 1.67. The summed E-state index contributed by atoms with van der Waals surface area (Å²) in [6.07, 6.45) is 0. The third-order valence-corrected chi connectivity index (χ3v) is 10.2. The molecule has 53 heavy (non-hydrogen) atoms. The molecule has 3 heterocycles. The Morgan fingerprint density at radius 2 is 0.868 bits per heavy atom. The molecule has 0 fully saturated rings. The van der Waals surface area contributed by atoms with Crippen LogP contribution in [0.15, 0.2) is 191 Å². The molecule has 1 aliphatic rings. The van der Waals surface area contributed by atoms with Crippen LogP contribution in [0.3, 0.4) is 0 Å². The summed E-state index contributed by atoms with van der Waals surface area (Å²) >= 11 is 0. The Bertz CT molecular complexity index is 2850. The van der Waals surface area contributed by atoms with Gasteiger partial charge in [-0.25, -0.2) is 0 Å². The molecule has 0 unspecified atom stereocenters. The molecule has 5 nitrogen and oxygen atoms in total. The van der Waals surface area contributed by atoms with Gasteiger partial charge in [-0.1, -0.05) is 84.9 Å². The number of rotatable bonds is 5. The second kappa shape index (κ2) is 11.7. The van der Waals surface area contributed by atoms with Crippen LogP contribution in [0.1, 0.15) is 0 Å². The summed E-state index contributed by atoms with van der Waals surface area (Å²) in [4.78, 5) is 4.54. The smallest absolute Gasteiger partial charge is 0.151 e. The number of hydrogen-bond acceptors (Lipinski definition) is 5. The lowest BCUT2D eigenvalue weighted by atomic mass is 10.0. The SMILES string of the molecule is c1cc(-c2ccc(N(c3ccc4c(c3)oc3ccccc34)c3ccc4c(c3)oc3ccccc34)cc2)cc(N2c3ccccc3Oc3ccccc32)c1. The number of fused-ring (bicyclic) bond motifs is 8. The van der Waals surface area contributed by atoms with Gasteiger partial charge in [-0.2, -0.15) is 0 Å². The van der Waals surface area contributed by atoms with E-state index in [1.54, 1.807) is 0 Å². The zero-order valence-corrected chi connectivity index (χ0v) is 28.4. The van der Waals surface area contributed by atoms with Crippen LogP contribution in [-0.2, 0) is 0 Å². The van der Waals surface area contributed by atoms with Crippen LogP contribution >= 0.6 is 0 Å². The number of hydrogen-bond donors (Lipinski definition) is 0. The molecule has 11 rings (SSSR count). The van der Waals surface area contributed by atoms with E-state index in [9.17, 15) is 0 Å². The molecule has 5 heteroatoms. The highest BCUT2D eigenvalue weighted by molar-refractivity contribution is 6.08. The first kappa shape index (κ1) is 29.5. The highest BCUT2D eigenvalue weighted by Crippen LogP contribution is 2.50. The maximum Gasteiger partial charge on any atom is 0.151 e. The minimum atomic E-state index is 0.836. The molecule has 250 valence electrons. The van der Waals surface area contributed by atoms with E-state index in [4.69, 9.17) is 13.6 Å². The fourth-order valence-electron chi connectivity index (χ4n) is 7.76. The van der Waals surface area contributed by atoms with Gasteiger partial charge in [0.1, 0.15) is 22.3 Å². The number of furan rings is 2. The van der Waals surface area contributed by atoms with Gasteiger partial charge in [-0.3, -0.25) is 0 Å². The third kappa shape index (κ3) is 4.79. The van der Waals surface area contributed by atoms with Crippen molar-refractivity contribution in [1.82, 2.24) is 0 Å². The van der Waals surface area contributed by atoms with Gasteiger partial charge < -0.3 is 23.4 Å². The van der Waals surface area contributed by atoms with Crippen LogP contribution in [0.5, 0.6) is 11.5 Å². The van der Waals surface area contributed by atoms with Crippen LogP contribution in [0.4, 0.5) is 34.1 Å². The molecule has 2 aromatic heterocycles. The molecule has 0 spiro atoms. The van der Waals surface area contributed by atoms with Gasteiger partial charge in [0.05, 0.1) is 11.4 Å². The highest BCUT2D eigenvalue weighted by atomic mass is 16.5. The van der Waals surface area contributed by atoms with Crippen molar-refractivity contribution in [1.29, 1.82) is 0 Å². The summed E-state index contributed by atoms with van der Waals surface area (Å²) in [6, 6.07) is 63.1. The van der Waals surface area contributed by atoms with Gasteiger partial charge in [0.2, 0.25) is 0 Å². The first-order valence-electron chi connectivity index (χ1n) is 17.7. The number of ether oxygens (including phenoxy) is 1. The number of para-hydroxylation sites is 6. The van der Waals surface area contributed by atoms with Gasteiger partial charge >= 0.3 is 0 Å². The van der Waals surface area contributed by atoms with Crippen molar-refractivity contribution >= 4 is 78.0 Å². The van der Waals surface area contributed by atoms with E-state index in [-0.39, 0.29) is 0 Å². The van der Waals surface area contributed by atoms with Gasteiger partial charge in [0, 0.05) is 56.4 Å². The maximum absolute atomic E-state index is 6.35. The van der Waals surface area contributed by atoms with Crippen molar-refractivity contribution in [2.75, 3.05) is 9.80 Å². The van der Waals surface area contributed by atoms with Crippen LogP contribution < -0.4 is 14.5 Å². The molecule has 0 radical (unpaired) electrons. The van der Waals surface area contributed by atoms with Crippen LogP contribution in [0.25, 0.3) is 55.0 Å². The predicted octanol–water partition coefficient (Wildman–Crippen LogP) is 14.2. The van der Waals surface area contributed by atoms with E-state index in [1.807, 2.05) is 48.5 Å². The zero-order chi connectivity index (χ0) is 34.9. The largest absolute Gasteiger partial charge is 0.456 e. The Hall–Kier alpha value is -7.24. The normalized spacial score (nSPS) is 12.3. The molecule has 8 aromatic carbocycles. The van der Waals surface area contributed by atoms with Crippen molar-refractivity contribution < 1.29 is 13.6 Å². The summed E-state index contributed by atoms with van der Waals surface area (Å²) in [6.45, 7) is 0. The summed E-state index contributed by atoms with van der Waals surface area (Å²) in [5.41, 5.74) is 11.8. The second-order valence-electron chi connectivity index (χ2n) is 13.4. The van der Waals surface area contributed by atoms with Crippen molar-refractivity contribution in [2.24, 2.45) is 0 Å². The minimum absolute atomic E-state index is 0.836. The van der Waals surface area contributed by atoms with Crippen LogP contribution in [0.2, 0.25) is 0 Å². The Morgan fingerprint density at radius 1 is 0.358 bits per heavy atom. The van der Waals surface area contributed by atoms with E-state index < -0.39 is 0 Å². The van der Waals surface area contributed by atoms with Crippen molar-refractivity contribution in [3.63, 3.8) is 0 Å². The van der Waals surface area contributed by atoms with E-state index in [0.29, 0.717) is 0 Å². The lowest BCUT2D eigenvalue weighted by Gasteiger charge is -2.33.